The number of halogens is 3. The largest absolute Gasteiger partial charge is 0.493 e. The number of carbonyl (C=O) groups is 3. The zero-order valence-electron chi connectivity index (χ0n) is 19.8. The van der Waals surface area contributed by atoms with E-state index >= 15 is 0 Å². The van der Waals surface area contributed by atoms with Crippen LogP contribution in [0.25, 0.3) is 6.08 Å². The molecule has 0 spiro atoms. The zero-order chi connectivity index (χ0) is 26.7. The molecule has 1 fully saturated rings. The third kappa shape index (κ3) is 5.59. The Hall–Kier alpha value is -3.52. The van der Waals surface area contributed by atoms with E-state index in [0.29, 0.717) is 33.3 Å². The molecule has 0 radical (unpaired) electrons. The number of methoxy groups -OCH3 is 1. The maximum atomic E-state index is 13.3. The van der Waals surface area contributed by atoms with Crippen LogP contribution in [0.4, 0.5) is 10.5 Å². The second-order valence-electron chi connectivity index (χ2n) is 8.00. The van der Waals surface area contributed by atoms with Gasteiger partial charge in [0.15, 0.2) is 11.5 Å². The highest BCUT2D eigenvalue weighted by molar-refractivity contribution is 6.39. The Morgan fingerprint density at radius 2 is 1.70 bits per heavy atom. The van der Waals surface area contributed by atoms with E-state index < -0.39 is 17.8 Å². The summed E-state index contributed by atoms with van der Waals surface area (Å²) in [5, 5.41) is 3.36. The van der Waals surface area contributed by atoms with E-state index in [4.69, 9.17) is 44.3 Å². The first kappa shape index (κ1) is 26.5. The van der Waals surface area contributed by atoms with Crippen molar-refractivity contribution >= 4 is 64.4 Å². The minimum Gasteiger partial charge on any atom is -0.493 e. The SMILES string of the molecule is CCc1ccccc1N1C(=O)NC(=O)/C(=C/c2cc(Cl)c(OCc3ccc(Cl)cc3Cl)c(OC)c2)C1=O. The van der Waals surface area contributed by atoms with Crippen molar-refractivity contribution in [1.29, 1.82) is 0 Å². The lowest BCUT2D eigenvalue weighted by atomic mass is 10.0. The van der Waals surface area contributed by atoms with Crippen molar-refractivity contribution in [3.8, 4) is 11.5 Å². The number of nitrogens with one attached hydrogen (secondary N) is 1. The van der Waals surface area contributed by atoms with Gasteiger partial charge in [0.2, 0.25) is 0 Å². The average Bonchev–Trinajstić information content (AvgIpc) is 2.86. The number of hydrogen-bond donors (Lipinski definition) is 1. The van der Waals surface area contributed by atoms with Gasteiger partial charge in [0.05, 0.1) is 17.8 Å². The van der Waals surface area contributed by atoms with E-state index in [9.17, 15) is 14.4 Å². The lowest BCUT2D eigenvalue weighted by Gasteiger charge is -2.28. The fraction of sp³-hybridized carbons (Fsp3) is 0.148. The first-order valence-electron chi connectivity index (χ1n) is 11.2. The number of rotatable bonds is 7. The molecule has 7 nitrogen and oxygen atoms in total. The molecule has 1 aliphatic heterocycles. The second kappa shape index (κ2) is 11.3. The highest BCUT2D eigenvalue weighted by Gasteiger charge is 2.37. The topological polar surface area (TPSA) is 84.9 Å². The van der Waals surface area contributed by atoms with Crippen LogP contribution in [0.15, 0.2) is 60.2 Å². The number of ether oxygens (including phenoxy) is 2. The summed E-state index contributed by atoms with van der Waals surface area (Å²) < 4.78 is 11.3. The fourth-order valence-corrected chi connectivity index (χ4v) is 4.56. The summed E-state index contributed by atoms with van der Waals surface area (Å²) in [6.07, 6.45) is 1.94. The smallest absolute Gasteiger partial charge is 0.335 e. The number of imide groups is 2. The highest BCUT2D eigenvalue weighted by Crippen LogP contribution is 2.38. The molecule has 3 aromatic carbocycles. The third-order valence-electron chi connectivity index (χ3n) is 5.66. The van der Waals surface area contributed by atoms with Gasteiger partial charge in [-0.3, -0.25) is 14.9 Å². The van der Waals surface area contributed by atoms with Crippen molar-refractivity contribution in [3.63, 3.8) is 0 Å². The number of para-hydroxylation sites is 1. The Labute approximate surface area is 228 Å². The monoisotopic (exact) mass is 558 g/mol. The number of hydrogen-bond acceptors (Lipinski definition) is 5. The normalized spacial score (nSPS) is 14.7. The summed E-state index contributed by atoms with van der Waals surface area (Å²) in [5.41, 5.74) is 2.05. The van der Waals surface area contributed by atoms with Gasteiger partial charge in [0, 0.05) is 15.6 Å². The molecule has 0 bridgehead atoms. The Balaban J connectivity index is 1.66. The summed E-state index contributed by atoms with van der Waals surface area (Å²) in [6, 6.07) is 14.3. The molecule has 1 heterocycles. The molecule has 1 saturated heterocycles. The van der Waals surface area contributed by atoms with Crippen LogP contribution in [-0.2, 0) is 22.6 Å². The highest BCUT2D eigenvalue weighted by atomic mass is 35.5. The quantitative estimate of drug-likeness (QED) is 0.265. The molecule has 10 heteroatoms. The van der Waals surface area contributed by atoms with E-state index in [1.807, 2.05) is 19.1 Å². The van der Waals surface area contributed by atoms with Crippen LogP contribution in [0, 0.1) is 0 Å². The Morgan fingerprint density at radius 1 is 0.946 bits per heavy atom. The van der Waals surface area contributed by atoms with E-state index in [2.05, 4.69) is 5.32 Å². The van der Waals surface area contributed by atoms with Crippen molar-refractivity contribution < 1.29 is 23.9 Å². The van der Waals surface area contributed by atoms with Crippen molar-refractivity contribution in [2.45, 2.75) is 20.0 Å². The predicted octanol–water partition coefficient (Wildman–Crippen LogP) is 6.46. The molecule has 4 amide bonds. The Bertz CT molecular complexity index is 1440. The van der Waals surface area contributed by atoms with Gasteiger partial charge in [0.1, 0.15) is 12.2 Å². The van der Waals surface area contributed by atoms with Gasteiger partial charge >= 0.3 is 6.03 Å². The van der Waals surface area contributed by atoms with Crippen LogP contribution in [0.3, 0.4) is 0 Å². The van der Waals surface area contributed by atoms with Crippen LogP contribution in [-0.4, -0.2) is 25.0 Å². The number of aryl methyl sites for hydroxylation is 1. The van der Waals surface area contributed by atoms with Gasteiger partial charge in [0.25, 0.3) is 11.8 Å². The predicted molar refractivity (Wildman–Crippen MR) is 144 cm³/mol. The maximum absolute atomic E-state index is 13.3. The van der Waals surface area contributed by atoms with Gasteiger partial charge in [-0.15, -0.1) is 0 Å². The van der Waals surface area contributed by atoms with Crippen LogP contribution in [0.1, 0.15) is 23.6 Å². The average molecular weight is 560 g/mol. The molecule has 0 unspecified atom stereocenters. The maximum Gasteiger partial charge on any atom is 0.335 e. The third-order valence-corrected chi connectivity index (χ3v) is 6.53. The number of benzene rings is 3. The van der Waals surface area contributed by atoms with Crippen molar-refractivity contribution in [2.75, 3.05) is 12.0 Å². The lowest BCUT2D eigenvalue weighted by molar-refractivity contribution is -0.122. The van der Waals surface area contributed by atoms with Gasteiger partial charge in [-0.1, -0.05) is 66.0 Å². The minimum absolute atomic E-state index is 0.0985. The van der Waals surface area contributed by atoms with Crippen LogP contribution in [0.5, 0.6) is 11.5 Å². The fourth-order valence-electron chi connectivity index (χ4n) is 3.82. The van der Waals surface area contributed by atoms with Crippen molar-refractivity contribution in [2.24, 2.45) is 0 Å². The van der Waals surface area contributed by atoms with E-state index in [1.165, 1.54) is 19.3 Å². The van der Waals surface area contributed by atoms with Gasteiger partial charge < -0.3 is 9.47 Å². The van der Waals surface area contributed by atoms with Crippen molar-refractivity contribution in [3.05, 3.63) is 91.9 Å². The number of nitrogens with zero attached hydrogens (tertiary/aromatic N) is 1. The van der Waals surface area contributed by atoms with E-state index in [0.717, 1.165) is 10.5 Å². The minimum atomic E-state index is -0.812. The van der Waals surface area contributed by atoms with Gasteiger partial charge in [-0.2, -0.15) is 0 Å². The molecule has 0 aromatic heterocycles. The first-order valence-corrected chi connectivity index (χ1v) is 12.3. The molecule has 37 heavy (non-hydrogen) atoms. The van der Waals surface area contributed by atoms with E-state index in [1.54, 1.807) is 36.4 Å². The Kier molecular flexibility index (Phi) is 8.07. The second-order valence-corrected chi connectivity index (χ2v) is 9.25. The molecule has 0 saturated carbocycles. The lowest BCUT2D eigenvalue weighted by Crippen LogP contribution is -2.54. The summed E-state index contributed by atoms with van der Waals surface area (Å²) in [7, 11) is 1.44. The van der Waals surface area contributed by atoms with Crippen LogP contribution < -0.4 is 19.7 Å². The molecule has 0 aliphatic carbocycles. The molecule has 1 N–H and O–H groups in total. The van der Waals surface area contributed by atoms with Crippen molar-refractivity contribution in [1.82, 2.24) is 5.32 Å². The number of barbiturate groups is 1. The first-order chi connectivity index (χ1) is 17.7. The molecule has 4 rings (SSSR count). The van der Waals surface area contributed by atoms with E-state index in [-0.39, 0.29) is 28.7 Å². The van der Waals surface area contributed by atoms with Gasteiger partial charge in [-0.25, -0.2) is 9.69 Å². The molecule has 0 atom stereocenters. The molecule has 190 valence electrons. The van der Waals surface area contributed by atoms with Crippen LogP contribution >= 0.6 is 34.8 Å². The Morgan fingerprint density at radius 3 is 2.41 bits per heavy atom. The number of urea groups is 1. The molecular formula is C27H21Cl3N2O5. The number of carbonyl (C=O) groups excluding carboxylic acids is 3. The summed E-state index contributed by atoms with van der Waals surface area (Å²) in [6.45, 7) is 2.01. The molecular weight excluding hydrogens is 539 g/mol. The molecule has 3 aromatic rings. The number of amides is 4. The summed E-state index contributed by atoms with van der Waals surface area (Å²) in [5.74, 6) is -1.03. The van der Waals surface area contributed by atoms with Gasteiger partial charge in [-0.05, 0) is 54.0 Å². The summed E-state index contributed by atoms with van der Waals surface area (Å²) in [4.78, 5) is 39.5. The zero-order valence-corrected chi connectivity index (χ0v) is 22.1. The standard InChI is InChI=1S/C27H21Cl3N2O5/c1-3-16-6-4-5-7-22(16)32-26(34)19(25(33)31-27(32)35)10-15-11-21(30)24(23(12-15)36-2)37-14-17-8-9-18(28)13-20(17)29/h4-13H,3,14H2,1-2H3,(H,31,33,35)/b19-10-. The number of anilines is 1. The van der Waals surface area contributed by atoms with Crippen LogP contribution in [0.2, 0.25) is 15.1 Å². The summed E-state index contributed by atoms with van der Waals surface area (Å²) >= 11 is 18.7. The molecule has 1 aliphatic rings.